The minimum Gasteiger partial charge on any atom is -0.484 e. The van der Waals surface area contributed by atoms with Crippen LogP contribution in [0.25, 0.3) is 11.4 Å². The third-order valence-corrected chi connectivity index (χ3v) is 8.53. The minimum absolute atomic E-state index is 0.0893. The van der Waals surface area contributed by atoms with Gasteiger partial charge < -0.3 is 19.1 Å². The van der Waals surface area contributed by atoms with Crippen LogP contribution in [0.15, 0.2) is 53.2 Å². The molecule has 2 fully saturated rings. The zero-order valence-corrected chi connectivity index (χ0v) is 21.8. The summed E-state index contributed by atoms with van der Waals surface area (Å²) in [5.41, 5.74) is 0.717. The molecule has 2 saturated heterocycles. The van der Waals surface area contributed by atoms with Crippen LogP contribution in [0.5, 0.6) is 5.75 Å². The first-order valence-corrected chi connectivity index (χ1v) is 14.5. The van der Waals surface area contributed by atoms with E-state index in [2.05, 4.69) is 15.1 Å². The zero-order chi connectivity index (χ0) is 26.7. The Hall–Kier alpha value is -3.80. The van der Waals surface area contributed by atoms with Crippen LogP contribution in [0.1, 0.15) is 48.1 Å². The van der Waals surface area contributed by atoms with E-state index < -0.39 is 15.1 Å². The highest BCUT2D eigenvalue weighted by Crippen LogP contribution is 2.31. The number of pyridine rings is 1. The van der Waals surface area contributed by atoms with Gasteiger partial charge in [-0.2, -0.15) is 4.98 Å². The van der Waals surface area contributed by atoms with Crippen molar-refractivity contribution in [2.75, 3.05) is 32.5 Å². The number of carbonyl (C=O) groups excluding carboxylic acids is 2. The topological polar surface area (TPSA) is 136 Å². The van der Waals surface area contributed by atoms with Crippen LogP contribution in [0.2, 0.25) is 0 Å². The van der Waals surface area contributed by atoms with Crippen molar-refractivity contribution in [3.05, 3.63) is 60.2 Å². The van der Waals surface area contributed by atoms with Crippen LogP contribution in [0.4, 0.5) is 0 Å². The first kappa shape index (κ1) is 25.8. The molecule has 5 rings (SSSR count). The van der Waals surface area contributed by atoms with E-state index in [9.17, 15) is 18.0 Å². The molecule has 2 aliphatic rings. The molecule has 0 radical (unpaired) electrons. The van der Waals surface area contributed by atoms with E-state index in [0.717, 1.165) is 12.8 Å². The molecule has 38 heavy (non-hydrogen) atoms. The maximum absolute atomic E-state index is 13.0. The number of amides is 2. The number of sulfone groups is 1. The summed E-state index contributed by atoms with van der Waals surface area (Å²) in [4.78, 5) is 37.9. The third-order valence-electron chi connectivity index (χ3n) is 6.93. The van der Waals surface area contributed by atoms with Crippen LogP contribution < -0.4 is 4.74 Å². The van der Waals surface area contributed by atoms with Crippen LogP contribution in [0, 0.1) is 0 Å². The molecule has 0 saturated carbocycles. The van der Waals surface area contributed by atoms with Gasteiger partial charge in [-0.15, -0.1) is 0 Å². The van der Waals surface area contributed by atoms with Crippen molar-refractivity contribution in [2.24, 2.45) is 0 Å². The summed E-state index contributed by atoms with van der Waals surface area (Å²) in [5.74, 6) is 0.731. The highest BCUT2D eigenvalue weighted by molar-refractivity contribution is 7.91. The Kier molecular flexibility index (Phi) is 7.41. The average Bonchev–Trinajstić information content (AvgIpc) is 3.63. The fraction of sp³-hybridized carbons (Fsp3) is 0.423. The number of ether oxygens (including phenoxy) is 1. The fourth-order valence-corrected chi connectivity index (χ4v) is 5.81. The Labute approximate surface area is 220 Å². The van der Waals surface area contributed by atoms with Gasteiger partial charge >= 0.3 is 0 Å². The summed E-state index contributed by atoms with van der Waals surface area (Å²) in [6.07, 6.45) is 5.57. The molecule has 3 aromatic rings. The van der Waals surface area contributed by atoms with Crippen LogP contribution >= 0.6 is 0 Å². The zero-order valence-electron chi connectivity index (χ0n) is 21.0. The second-order valence-electron chi connectivity index (χ2n) is 9.58. The summed E-state index contributed by atoms with van der Waals surface area (Å²) in [6.45, 7) is 0.982. The lowest BCUT2D eigenvalue weighted by atomic mass is 10.0. The van der Waals surface area contributed by atoms with Gasteiger partial charge in [0.2, 0.25) is 11.7 Å². The normalized spacial score (nSPS) is 19.9. The number of carbonyl (C=O) groups is 2. The molecule has 0 bridgehead atoms. The molecule has 11 nitrogen and oxygen atoms in total. The van der Waals surface area contributed by atoms with Gasteiger partial charge in [0.1, 0.15) is 17.5 Å². The molecule has 2 aromatic heterocycles. The minimum atomic E-state index is -3.22. The molecular weight excluding hydrogens is 510 g/mol. The Morgan fingerprint density at radius 2 is 1.92 bits per heavy atom. The van der Waals surface area contributed by atoms with Gasteiger partial charge in [-0.05, 0) is 49.9 Å². The average molecular weight is 540 g/mol. The predicted octanol–water partition coefficient (Wildman–Crippen LogP) is 2.52. The SMILES string of the molecule is CS(=O)(=O)C1CCN(C(=O)c2cc(-c3noc([C@H]4CCCCN4C(=O)COc4ccccc4)n3)ccn2)C1. The first-order chi connectivity index (χ1) is 18.3. The molecular formula is C26H29N5O6S. The summed E-state index contributed by atoms with van der Waals surface area (Å²) < 4.78 is 35.0. The Balaban J connectivity index is 1.28. The van der Waals surface area contributed by atoms with Crippen LogP contribution in [-0.4, -0.2) is 82.9 Å². The van der Waals surface area contributed by atoms with Gasteiger partial charge in [0.05, 0.1) is 5.25 Å². The number of piperidine rings is 1. The molecule has 2 atom stereocenters. The largest absolute Gasteiger partial charge is 0.484 e. The van der Waals surface area contributed by atoms with Crippen molar-refractivity contribution >= 4 is 21.7 Å². The van der Waals surface area contributed by atoms with E-state index in [1.54, 1.807) is 29.2 Å². The molecule has 2 amide bonds. The van der Waals surface area contributed by atoms with E-state index in [4.69, 9.17) is 9.26 Å². The van der Waals surface area contributed by atoms with Gasteiger partial charge in [-0.25, -0.2) is 8.42 Å². The fourth-order valence-electron chi connectivity index (χ4n) is 4.83. The second kappa shape index (κ2) is 10.9. The van der Waals surface area contributed by atoms with Crippen molar-refractivity contribution in [2.45, 2.75) is 37.0 Å². The van der Waals surface area contributed by atoms with Crippen LogP contribution in [0.3, 0.4) is 0 Å². The lowest BCUT2D eigenvalue weighted by molar-refractivity contribution is -0.138. The van der Waals surface area contributed by atoms with Gasteiger partial charge in [0, 0.05) is 37.7 Å². The second-order valence-corrected chi connectivity index (χ2v) is 11.9. The highest BCUT2D eigenvalue weighted by atomic mass is 32.2. The van der Waals surface area contributed by atoms with Crippen molar-refractivity contribution in [3.8, 4) is 17.1 Å². The molecule has 1 aromatic carbocycles. The number of benzene rings is 1. The van der Waals surface area contributed by atoms with Crippen molar-refractivity contribution in [3.63, 3.8) is 0 Å². The molecule has 2 aliphatic heterocycles. The quantitative estimate of drug-likeness (QED) is 0.444. The first-order valence-electron chi connectivity index (χ1n) is 12.5. The summed E-state index contributed by atoms with van der Waals surface area (Å²) in [6, 6.07) is 12.0. The van der Waals surface area contributed by atoms with Gasteiger partial charge in [0.25, 0.3) is 11.8 Å². The van der Waals surface area contributed by atoms with Crippen molar-refractivity contribution in [1.82, 2.24) is 24.9 Å². The number of para-hydroxylation sites is 1. The molecule has 4 heterocycles. The van der Waals surface area contributed by atoms with E-state index in [0.29, 0.717) is 43.1 Å². The van der Waals surface area contributed by atoms with Crippen LogP contribution in [-0.2, 0) is 14.6 Å². The molecule has 12 heteroatoms. The Bertz CT molecular complexity index is 1410. The molecule has 200 valence electrons. The molecule has 0 aliphatic carbocycles. The third kappa shape index (κ3) is 5.69. The monoisotopic (exact) mass is 539 g/mol. The van der Waals surface area contributed by atoms with E-state index >= 15 is 0 Å². The number of aromatic nitrogens is 3. The standard InChI is InChI=1S/C26H29N5O6S/c1-38(34,35)20-11-14-30(16-20)26(33)21-15-18(10-12-27-21)24-28-25(37-29-24)22-9-5-6-13-31(22)23(32)17-36-19-7-3-2-4-8-19/h2-4,7-8,10,12,15,20,22H,5-6,9,11,13-14,16-17H2,1H3/t20?,22-/m1/s1. The van der Waals surface area contributed by atoms with Gasteiger partial charge in [-0.3, -0.25) is 14.6 Å². The predicted molar refractivity (Wildman–Crippen MR) is 137 cm³/mol. The molecule has 0 spiro atoms. The van der Waals surface area contributed by atoms with Gasteiger partial charge in [-0.1, -0.05) is 23.4 Å². The maximum atomic E-state index is 13.0. The number of rotatable bonds is 7. The number of nitrogens with zero attached hydrogens (tertiary/aromatic N) is 5. The van der Waals surface area contributed by atoms with E-state index in [1.165, 1.54) is 17.4 Å². The lowest BCUT2D eigenvalue weighted by Crippen LogP contribution is -2.41. The maximum Gasteiger partial charge on any atom is 0.272 e. The van der Waals surface area contributed by atoms with Crippen molar-refractivity contribution in [1.29, 1.82) is 0 Å². The van der Waals surface area contributed by atoms with E-state index in [1.807, 2.05) is 18.2 Å². The Morgan fingerprint density at radius 1 is 1.11 bits per heavy atom. The summed E-state index contributed by atoms with van der Waals surface area (Å²) >= 11 is 0. The smallest absolute Gasteiger partial charge is 0.272 e. The number of hydrogen-bond acceptors (Lipinski definition) is 9. The molecule has 0 N–H and O–H groups in total. The molecule has 1 unspecified atom stereocenters. The van der Waals surface area contributed by atoms with Crippen molar-refractivity contribution < 1.29 is 27.3 Å². The summed E-state index contributed by atoms with van der Waals surface area (Å²) in [5, 5.41) is 3.54. The summed E-state index contributed by atoms with van der Waals surface area (Å²) in [7, 11) is -3.22. The van der Waals surface area contributed by atoms with Gasteiger partial charge in [0.15, 0.2) is 16.4 Å². The lowest BCUT2D eigenvalue weighted by Gasteiger charge is -2.33. The number of likely N-dealkylation sites (tertiary alicyclic amines) is 2. The number of hydrogen-bond donors (Lipinski definition) is 0. The highest BCUT2D eigenvalue weighted by Gasteiger charge is 2.34. The Morgan fingerprint density at radius 3 is 2.68 bits per heavy atom. The van der Waals surface area contributed by atoms with E-state index in [-0.39, 0.29) is 42.5 Å².